The van der Waals surface area contributed by atoms with Crippen LogP contribution in [0.25, 0.3) is 0 Å². The van der Waals surface area contributed by atoms with Crippen LogP contribution in [0.5, 0.6) is 0 Å². The summed E-state index contributed by atoms with van der Waals surface area (Å²) >= 11 is 0. The van der Waals surface area contributed by atoms with Crippen molar-refractivity contribution in [3.05, 3.63) is 12.2 Å². The molecule has 0 N–H and O–H groups in total. The molecule has 0 aromatic rings. The summed E-state index contributed by atoms with van der Waals surface area (Å²) in [5.74, 6) is -0.961. The molecule has 0 aromatic heterocycles. The highest BCUT2D eigenvalue weighted by Gasteiger charge is 1.99. The van der Waals surface area contributed by atoms with Crippen LogP contribution in [0.1, 0.15) is 71.1 Å². The Morgan fingerprint density at radius 1 is 0.818 bits per heavy atom. The predicted molar refractivity (Wildman–Crippen MR) is 92.4 cm³/mol. The second-order valence-corrected chi connectivity index (χ2v) is 6.96. The summed E-state index contributed by atoms with van der Waals surface area (Å²) < 4.78 is 9.52. The van der Waals surface area contributed by atoms with Gasteiger partial charge in [-0.15, -0.1) is 0 Å². The van der Waals surface area contributed by atoms with Gasteiger partial charge in [-0.2, -0.15) is 0 Å². The number of hydrogen-bond acceptors (Lipinski definition) is 4. The van der Waals surface area contributed by atoms with E-state index in [1.165, 1.54) is 64.9 Å². The fourth-order valence-corrected chi connectivity index (χ4v) is 3.19. The molecule has 0 saturated heterocycles. The van der Waals surface area contributed by atoms with Crippen molar-refractivity contribution in [3.8, 4) is 0 Å². The van der Waals surface area contributed by atoms with Gasteiger partial charge >= 0.3 is 11.9 Å². The first kappa shape index (κ1) is 20.9. The summed E-state index contributed by atoms with van der Waals surface area (Å²) in [4.78, 5) is 22.0. The minimum atomic E-state index is -0.794. The van der Waals surface area contributed by atoms with E-state index in [1.54, 1.807) is 0 Å². The first-order chi connectivity index (χ1) is 10.7. The molecule has 0 amide bonds. The highest BCUT2D eigenvalue weighted by atomic mass is 28.2. The van der Waals surface area contributed by atoms with E-state index in [-0.39, 0.29) is 0 Å². The number of rotatable bonds is 14. The van der Waals surface area contributed by atoms with Gasteiger partial charge in [0.25, 0.3) is 0 Å². The number of methoxy groups -OCH3 is 1. The second kappa shape index (κ2) is 16.3. The molecule has 4 nitrogen and oxygen atoms in total. The van der Waals surface area contributed by atoms with E-state index < -0.39 is 21.7 Å². The van der Waals surface area contributed by atoms with Crippen molar-refractivity contribution in [1.82, 2.24) is 0 Å². The molecule has 128 valence electrons. The lowest BCUT2D eigenvalue weighted by atomic mass is 10.1. The zero-order chi connectivity index (χ0) is 16.5. The molecule has 0 unspecified atom stereocenters. The van der Waals surface area contributed by atoms with E-state index in [0.29, 0.717) is 0 Å². The number of unbranched alkanes of at least 4 members (excludes halogenated alkanes) is 9. The Hall–Kier alpha value is -1.10. The van der Waals surface area contributed by atoms with Gasteiger partial charge in [-0.1, -0.05) is 71.1 Å². The van der Waals surface area contributed by atoms with Crippen LogP contribution in [0.2, 0.25) is 6.04 Å². The minimum absolute atomic E-state index is 0.427. The van der Waals surface area contributed by atoms with Gasteiger partial charge in [0.05, 0.1) is 7.11 Å². The SMILES string of the molecule is CCCCCCCCCCCC[SiH2]OC(=O)/C=C\C(=O)OC. The molecular weight excluding hydrogens is 296 g/mol. The van der Waals surface area contributed by atoms with E-state index in [4.69, 9.17) is 4.43 Å². The van der Waals surface area contributed by atoms with Gasteiger partial charge in [0.2, 0.25) is 9.76 Å². The molecule has 0 aliphatic carbocycles. The maximum absolute atomic E-state index is 11.3. The van der Waals surface area contributed by atoms with Gasteiger partial charge in [0.15, 0.2) is 0 Å². The topological polar surface area (TPSA) is 52.6 Å². The fourth-order valence-electron chi connectivity index (χ4n) is 2.19. The quantitative estimate of drug-likeness (QED) is 0.211. The van der Waals surface area contributed by atoms with Crippen LogP contribution in [-0.4, -0.2) is 28.8 Å². The van der Waals surface area contributed by atoms with Crippen molar-refractivity contribution in [2.24, 2.45) is 0 Å². The minimum Gasteiger partial charge on any atom is -0.522 e. The van der Waals surface area contributed by atoms with Gasteiger partial charge in [-0.25, -0.2) is 9.59 Å². The summed E-state index contributed by atoms with van der Waals surface area (Å²) in [6.45, 7) is 2.25. The maximum Gasteiger partial charge on any atom is 0.330 e. The van der Waals surface area contributed by atoms with Gasteiger partial charge in [0.1, 0.15) is 0 Å². The zero-order valence-corrected chi connectivity index (χ0v) is 15.7. The average Bonchev–Trinajstić information content (AvgIpc) is 2.53. The Kier molecular flexibility index (Phi) is 15.5. The summed E-state index contributed by atoms with van der Waals surface area (Å²) in [6.07, 6.45) is 15.4. The van der Waals surface area contributed by atoms with Gasteiger partial charge in [-0.05, 0) is 6.04 Å². The van der Waals surface area contributed by atoms with Gasteiger partial charge < -0.3 is 9.16 Å². The highest BCUT2D eigenvalue weighted by Crippen LogP contribution is 2.11. The van der Waals surface area contributed by atoms with E-state index in [0.717, 1.165) is 24.6 Å². The summed E-state index contributed by atoms with van der Waals surface area (Å²) in [5.41, 5.74) is 0. The molecular formula is C17H32O4Si. The van der Waals surface area contributed by atoms with Crippen molar-refractivity contribution in [3.63, 3.8) is 0 Å². The van der Waals surface area contributed by atoms with Gasteiger partial charge in [0, 0.05) is 12.2 Å². The van der Waals surface area contributed by atoms with Crippen LogP contribution in [0.4, 0.5) is 0 Å². The van der Waals surface area contributed by atoms with Crippen LogP contribution in [0, 0.1) is 0 Å². The summed E-state index contributed by atoms with van der Waals surface area (Å²) in [5, 5.41) is 0. The lowest BCUT2D eigenvalue weighted by Crippen LogP contribution is -2.06. The zero-order valence-electron chi connectivity index (χ0n) is 14.3. The van der Waals surface area contributed by atoms with Gasteiger partial charge in [-0.3, -0.25) is 0 Å². The Labute approximate surface area is 137 Å². The van der Waals surface area contributed by atoms with E-state index >= 15 is 0 Å². The van der Waals surface area contributed by atoms with E-state index in [2.05, 4.69) is 11.7 Å². The van der Waals surface area contributed by atoms with E-state index in [9.17, 15) is 9.59 Å². The maximum atomic E-state index is 11.3. The Morgan fingerprint density at radius 3 is 1.86 bits per heavy atom. The first-order valence-electron chi connectivity index (χ1n) is 8.63. The average molecular weight is 329 g/mol. The number of carbonyl (C=O) groups excluding carboxylic acids is 2. The van der Waals surface area contributed by atoms with Crippen molar-refractivity contribution >= 4 is 21.7 Å². The number of carbonyl (C=O) groups is 2. The molecule has 22 heavy (non-hydrogen) atoms. The molecule has 0 aromatic carbocycles. The van der Waals surface area contributed by atoms with Crippen LogP contribution < -0.4 is 0 Å². The van der Waals surface area contributed by atoms with Crippen LogP contribution in [0.3, 0.4) is 0 Å². The fraction of sp³-hybridized carbons (Fsp3) is 0.765. The lowest BCUT2D eigenvalue weighted by Gasteiger charge is -2.03. The van der Waals surface area contributed by atoms with Crippen molar-refractivity contribution in [2.75, 3.05) is 7.11 Å². The monoisotopic (exact) mass is 328 g/mol. The number of ether oxygens (including phenoxy) is 1. The molecule has 0 saturated carbocycles. The van der Waals surface area contributed by atoms with Crippen molar-refractivity contribution < 1.29 is 18.8 Å². The molecule has 0 rings (SSSR count). The Balaban J connectivity index is 3.25. The molecule has 5 heteroatoms. The van der Waals surface area contributed by atoms with Crippen LogP contribution in [-0.2, 0) is 18.8 Å². The summed E-state index contributed by atoms with van der Waals surface area (Å²) in [7, 11) is 0.482. The molecule has 0 fully saturated rings. The molecule has 0 heterocycles. The molecule has 0 atom stereocenters. The molecule has 0 spiro atoms. The Morgan fingerprint density at radius 2 is 1.32 bits per heavy atom. The van der Waals surface area contributed by atoms with Crippen LogP contribution in [0.15, 0.2) is 12.2 Å². The number of esters is 1. The van der Waals surface area contributed by atoms with E-state index in [1.807, 2.05) is 0 Å². The normalized spacial score (nSPS) is 11.4. The highest BCUT2D eigenvalue weighted by molar-refractivity contribution is 6.31. The predicted octanol–water partition coefficient (Wildman–Crippen LogP) is 3.68. The smallest absolute Gasteiger partial charge is 0.330 e. The first-order valence-corrected chi connectivity index (χ1v) is 10.2. The largest absolute Gasteiger partial charge is 0.522 e. The molecule has 0 bridgehead atoms. The third-order valence-electron chi connectivity index (χ3n) is 3.55. The third-order valence-corrected chi connectivity index (χ3v) is 4.83. The summed E-state index contributed by atoms with van der Waals surface area (Å²) in [6, 6.07) is 1.02. The lowest BCUT2D eigenvalue weighted by molar-refractivity contribution is -0.135. The second-order valence-electron chi connectivity index (χ2n) is 5.56. The van der Waals surface area contributed by atoms with Crippen molar-refractivity contribution in [1.29, 1.82) is 0 Å². The third kappa shape index (κ3) is 15.3. The Bertz CT molecular complexity index is 316. The van der Waals surface area contributed by atoms with Crippen LogP contribution >= 0.6 is 0 Å². The standard InChI is InChI=1S/C17H32O4Si/c1-3-4-5-6-7-8-9-10-11-12-15-22-21-17(19)14-13-16(18)20-2/h13-14H,3-12,15,22H2,1-2H3/b14-13-. The molecule has 0 radical (unpaired) electrons. The molecule has 0 aliphatic heterocycles. The molecule has 0 aliphatic rings. The van der Waals surface area contributed by atoms with Crippen molar-refractivity contribution in [2.45, 2.75) is 77.2 Å². The number of hydrogen-bond donors (Lipinski definition) is 0.